The first-order valence-corrected chi connectivity index (χ1v) is 12.9. The topological polar surface area (TPSA) is 163 Å². The Morgan fingerprint density at radius 1 is 0.634 bits per heavy atom. The SMILES string of the molecule is O=C(Nc1ccc(N=Cc2ccc(NC(=O)c3ccc4c(c3)C(=O)NC4=O)s2)cc1)c1ccc2c(c1)C(=O)NC2=O. The Bertz CT molecular complexity index is 1860. The van der Waals surface area contributed by atoms with Crippen molar-refractivity contribution in [1.82, 2.24) is 10.6 Å². The molecule has 12 heteroatoms. The second-order valence-electron chi connectivity index (χ2n) is 9.00. The van der Waals surface area contributed by atoms with E-state index in [0.717, 1.165) is 4.88 Å². The lowest BCUT2D eigenvalue weighted by molar-refractivity contribution is 0.0863. The van der Waals surface area contributed by atoms with E-state index < -0.39 is 35.4 Å². The summed E-state index contributed by atoms with van der Waals surface area (Å²) < 4.78 is 0. The summed E-state index contributed by atoms with van der Waals surface area (Å²) in [4.78, 5) is 77.6. The van der Waals surface area contributed by atoms with E-state index in [2.05, 4.69) is 26.3 Å². The van der Waals surface area contributed by atoms with E-state index in [9.17, 15) is 28.8 Å². The first-order valence-electron chi connectivity index (χ1n) is 12.1. The van der Waals surface area contributed by atoms with Crippen LogP contribution in [-0.4, -0.2) is 41.7 Å². The maximum atomic E-state index is 12.7. The monoisotopic (exact) mass is 563 g/mol. The van der Waals surface area contributed by atoms with Gasteiger partial charge in [-0.25, -0.2) is 0 Å². The summed E-state index contributed by atoms with van der Waals surface area (Å²) in [5.74, 6) is -2.87. The maximum Gasteiger partial charge on any atom is 0.258 e. The van der Waals surface area contributed by atoms with E-state index in [4.69, 9.17) is 0 Å². The summed E-state index contributed by atoms with van der Waals surface area (Å²) >= 11 is 1.30. The minimum Gasteiger partial charge on any atom is -0.322 e. The molecule has 2 aliphatic rings. The number of hydrogen-bond acceptors (Lipinski definition) is 8. The van der Waals surface area contributed by atoms with Crippen LogP contribution in [0.25, 0.3) is 0 Å². The molecule has 0 saturated heterocycles. The quantitative estimate of drug-likeness (QED) is 0.206. The fourth-order valence-electron chi connectivity index (χ4n) is 4.26. The van der Waals surface area contributed by atoms with Crippen LogP contribution in [0.4, 0.5) is 16.4 Å². The van der Waals surface area contributed by atoms with Crippen molar-refractivity contribution in [2.45, 2.75) is 0 Å². The summed E-state index contributed by atoms with van der Waals surface area (Å²) in [6, 6.07) is 18.9. The van der Waals surface area contributed by atoms with Gasteiger partial charge in [-0.15, -0.1) is 11.3 Å². The number of carbonyl (C=O) groups is 6. The number of nitrogens with zero attached hydrogens (tertiary/aromatic N) is 1. The lowest BCUT2D eigenvalue weighted by Crippen LogP contribution is -2.19. The average Bonchev–Trinajstić information content (AvgIpc) is 3.62. The van der Waals surface area contributed by atoms with Crippen LogP contribution in [0.5, 0.6) is 0 Å². The Morgan fingerprint density at radius 3 is 1.76 bits per heavy atom. The van der Waals surface area contributed by atoms with Crippen LogP contribution in [-0.2, 0) is 0 Å². The van der Waals surface area contributed by atoms with Crippen LogP contribution < -0.4 is 21.3 Å². The minimum absolute atomic E-state index is 0.165. The van der Waals surface area contributed by atoms with Gasteiger partial charge < -0.3 is 10.6 Å². The molecule has 0 unspecified atom stereocenters. The third-order valence-electron chi connectivity index (χ3n) is 6.33. The number of anilines is 2. The highest BCUT2D eigenvalue weighted by Gasteiger charge is 2.28. The number of nitrogens with one attached hydrogen (secondary N) is 4. The summed E-state index contributed by atoms with van der Waals surface area (Å²) in [7, 11) is 0. The fourth-order valence-corrected chi connectivity index (χ4v) is 5.04. The molecule has 3 heterocycles. The van der Waals surface area contributed by atoms with Gasteiger partial charge in [0.05, 0.1) is 32.9 Å². The van der Waals surface area contributed by atoms with Crippen molar-refractivity contribution in [3.63, 3.8) is 0 Å². The zero-order valence-corrected chi connectivity index (χ0v) is 21.6. The second kappa shape index (κ2) is 10.1. The molecular weight excluding hydrogens is 546 g/mol. The molecule has 3 aromatic carbocycles. The number of rotatable bonds is 6. The summed E-state index contributed by atoms with van der Waals surface area (Å²) in [6.45, 7) is 0. The number of hydrogen-bond donors (Lipinski definition) is 4. The van der Waals surface area contributed by atoms with Crippen LogP contribution in [0, 0.1) is 0 Å². The van der Waals surface area contributed by atoms with Gasteiger partial charge in [0.15, 0.2) is 0 Å². The molecule has 0 spiro atoms. The van der Waals surface area contributed by atoms with Crippen molar-refractivity contribution in [3.05, 3.63) is 111 Å². The number of aliphatic imine (C=N–C) groups is 1. The largest absolute Gasteiger partial charge is 0.322 e. The van der Waals surface area contributed by atoms with Gasteiger partial charge in [0, 0.05) is 27.9 Å². The highest BCUT2D eigenvalue weighted by molar-refractivity contribution is 7.17. The Hall–Kier alpha value is -5.75. The molecular formula is C29H17N5O6S. The zero-order valence-electron chi connectivity index (χ0n) is 20.8. The molecule has 11 nitrogen and oxygen atoms in total. The third-order valence-corrected chi connectivity index (χ3v) is 7.26. The Kier molecular flexibility index (Phi) is 6.28. The third kappa shape index (κ3) is 5.02. The first-order chi connectivity index (χ1) is 19.7. The first kappa shape index (κ1) is 25.5. The lowest BCUT2D eigenvalue weighted by Gasteiger charge is -2.06. The van der Waals surface area contributed by atoms with Crippen LogP contribution in [0.3, 0.4) is 0 Å². The minimum atomic E-state index is -0.532. The number of imide groups is 2. The highest BCUT2D eigenvalue weighted by Crippen LogP contribution is 2.24. The summed E-state index contributed by atoms with van der Waals surface area (Å²) in [5.41, 5.74) is 2.45. The van der Waals surface area contributed by atoms with Crippen LogP contribution in [0.2, 0.25) is 0 Å². The Morgan fingerprint density at radius 2 is 1.17 bits per heavy atom. The molecule has 0 radical (unpaired) electrons. The molecule has 6 rings (SSSR count). The number of fused-ring (bicyclic) bond motifs is 2. The van der Waals surface area contributed by atoms with Crippen molar-refractivity contribution >= 4 is 69.4 Å². The molecule has 41 heavy (non-hydrogen) atoms. The van der Waals surface area contributed by atoms with Crippen molar-refractivity contribution in [1.29, 1.82) is 0 Å². The fraction of sp³-hybridized carbons (Fsp3) is 0. The average molecular weight is 564 g/mol. The van der Waals surface area contributed by atoms with Gasteiger partial charge in [-0.3, -0.25) is 44.4 Å². The normalized spacial score (nSPS) is 13.6. The molecule has 0 saturated carbocycles. The molecule has 6 amide bonds. The number of benzene rings is 3. The van der Waals surface area contributed by atoms with Gasteiger partial charge in [0.1, 0.15) is 0 Å². The number of carbonyl (C=O) groups excluding carboxylic acids is 6. The Balaban J connectivity index is 1.06. The van der Waals surface area contributed by atoms with Crippen LogP contribution in [0.15, 0.2) is 77.8 Å². The van der Waals surface area contributed by atoms with Gasteiger partial charge in [-0.2, -0.15) is 0 Å². The predicted molar refractivity (Wildman–Crippen MR) is 150 cm³/mol. The second-order valence-corrected chi connectivity index (χ2v) is 10.1. The number of thiophene rings is 1. The smallest absolute Gasteiger partial charge is 0.258 e. The van der Waals surface area contributed by atoms with Crippen LogP contribution >= 0.6 is 11.3 Å². The van der Waals surface area contributed by atoms with Crippen molar-refractivity contribution < 1.29 is 28.8 Å². The standard InChI is InChI=1S/C29H17N5O6S/c35-24(14-1-8-19-21(11-14)28(39)33-26(19)37)31-17-5-3-16(4-6-17)30-13-18-7-10-23(41-18)32-25(36)15-2-9-20-22(12-15)29(40)34-27(20)38/h1-13H,(H,31,35)(H,32,36)(H,33,37,39)(H,34,38,40). The molecule has 1 aromatic heterocycles. The molecule has 4 aromatic rings. The molecule has 4 N–H and O–H groups in total. The van der Waals surface area contributed by atoms with Gasteiger partial charge >= 0.3 is 0 Å². The van der Waals surface area contributed by atoms with E-state index >= 15 is 0 Å². The lowest BCUT2D eigenvalue weighted by atomic mass is 10.1. The van der Waals surface area contributed by atoms with E-state index in [-0.39, 0.29) is 33.4 Å². The molecule has 200 valence electrons. The van der Waals surface area contributed by atoms with Gasteiger partial charge in [-0.1, -0.05) is 0 Å². The summed E-state index contributed by atoms with van der Waals surface area (Å²) in [6.07, 6.45) is 1.64. The molecule has 0 bridgehead atoms. The predicted octanol–water partition coefficient (Wildman–Crippen LogP) is 3.77. The molecule has 2 aliphatic heterocycles. The number of amides is 6. The van der Waals surface area contributed by atoms with Crippen molar-refractivity contribution in [2.75, 3.05) is 10.6 Å². The van der Waals surface area contributed by atoms with Gasteiger partial charge in [0.25, 0.3) is 35.4 Å². The van der Waals surface area contributed by atoms with Crippen molar-refractivity contribution in [2.24, 2.45) is 4.99 Å². The van der Waals surface area contributed by atoms with Crippen molar-refractivity contribution in [3.8, 4) is 0 Å². The maximum absolute atomic E-state index is 12.7. The molecule has 0 aliphatic carbocycles. The highest BCUT2D eigenvalue weighted by atomic mass is 32.1. The molecule has 0 fully saturated rings. The van der Waals surface area contributed by atoms with E-state index in [1.807, 2.05) is 0 Å². The van der Waals surface area contributed by atoms with E-state index in [1.165, 1.54) is 47.7 Å². The van der Waals surface area contributed by atoms with E-state index in [0.29, 0.717) is 16.4 Å². The van der Waals surface area contributed by atoms with E-state index in [1.54, 1.807) is 42.6 Å². The zero-order chi connectivity index (χ0) is 28.7. The molecule has 0 atom stereocenters. The summed E-state index contributed by atoms with van der Waals surface area (Å²) in [5, 5.41) is 10.5. The van der Waals surface area contributed by atoms with Gasteiger partial charge in [0.2, 0.25) is 0 Å². The van der Waals surface area contributed by atoms with Crippen LogP contribution in [0.1, 0.15) is 67.0 Å². The van der Waals surface area contributed by atoms with Gasteiger partial charge in [-0.05, 0) is 72.8 Å². The Labute approximate surface area is 235 Å².